The van der Waals surface area contributed by atoms with E-state index in [1.165, 1.54) is 9.80 Å². The van der Waals surface area contributed by atoms with Gasteiger partial charge >= 0.3 is 12.2 Å². The van der Waals surface area contributed by atoms with Crippen molar-refractivity contribution in [1.82, 2.24) is 9.80 Å². The fourth-order valence-electron chi connectivity index (χ4n) is 2.19. The molecule has 2 amide bonds. The van der Waals surface area contributed by atoms with Crippen molar-refractivity contribution in [2.45, 2.75) is 71.3 Å². The summed E-state index contributed by atoms with van der Waals surface area (Å²) in [7, 11) is 1.58. The van der Waals surface area contributed by atoms with Gasteiger partial charge in [0.05, 0.1) is 19.1 Å². The topological polar surface area (TPSA) is 79.3 Å². The summed E-state index contributed by atoms with van der Waals surface area (Å²) >= 11 is 0. The van der Waals surface area contributed by atoms with E-state index in [0.717, 1.165) is 0 Å². The first-order valence-corrected chi connectivity index (χ1v) is 7.81. The third-order valence-electron chi connectivity index (χ3n) is 3.62. The maximum atomic E-state index is 12.1. The van der Waals surface area contributed by atoms with Crippen LogP contribution in [0.4, 0.5) is 9.59 Å². The fraction of sp³-hybridized carbons (Fsp3) is 0.875. The van der Waals surface area contributed by atoms with Crippen molar-refractivity contribution in [1.29, 1.82) is 0 Å². The summed E-state index contributed by atoms with van der Waals surface area (Å²) in [4.78, 5) is 26.8. The average Bonchev–Trinajstić information content (AvgIpc) is 2.28. The Bertz CT molecular complexity index is 458. The Morgan fingerprint density at radius 1 is 1.09 bits per heavy atom. The second-order valence-electron chi connectivity index (χ2n) is 8.21. The standard InChI is InChI=1S/C16H30N2O5/c1-11(17(8)12(19)22-14(2,3)4)16(21)9-18(10-16)13(20)23-15(5,6)7/h11,21H,9-10H2,1-8H3. The second-order valence-corrected chi connectivity index (χ2v) is 8.21. The molecule has 0 saturated carbocycles. The van der Waals surface area contributed by atoms with Crippen molar-refractivity contribution >= 4 is 12.2 Å². The molecule has 7 nitrogen and oxygen atoms in total. The summed E-state index contributed by atoms with van der Waals surface area (Å²) < 4.78 is 10.6. The summed E-state index contributed by atoms with van der Waals surface area (Å²) in [6.45, 7) is 12.7. The minimum absolute atomic E-state index is 0.121. The van der Waals surface area contributed by atoms with Crippen molar-refractivity contribution in [2.75, 3.05) is 20.1 Å². The van der Waals surface area contributed by atoms with E-state index in [4.69, 9.17) is 9.47 Å². The van der Waals surface area contributed by atoms with Crippen LogP contribution in [0.2, 0.25) is 0 Å². The fourth-order valence-corrected chi connectivity index (χ4v) is 2.19. The molecule has 0 spiro atoms. The molecule has 23 heavy (non-hydrogen) atoms. The summed E-state index contributed by atoms with van der Waals surface area (Å²) in [5.74, 6) is 0. The molecule has 7 heteroatoms. The predicted molar refractivity (Wildman–Crippen MR) is 86.2 cm³/mol. The van der Waals surface area contributed by atoms with Crippen LogP contribution in [-0.2, 0) is 9.47 Å². The maximum absolute atomic E-state index is 12.1. The molecule has 1 heterocycles. The van der Waals surface area contributed by atoms with E-state index in [2.05, 4.69) is 0 Å². The minimum atomic E-state index is -1.16. The molecule has 1 fully saturated rings. The lowest BCUT2D eigenvalue weighted by molar-refractivity contribution is -0.133. The van der Waals surface area contributed by atoms with Crippen LogP contribution in [-0.4, -0.2) is 70.1 Å². The lowest BCUT2D eigenvalue weighted by Gasteiger charge is -2.51. The summed E-state index contributed by atoms with van der Waals surface area (Å²) in [6, 6.07) is -0.490. The second kappa shape index (κ2) is 6.19. The van der Waals surface area contributed by atoms with Gasteiger partial charge in [0.2, 0.25) is 0 Å². The lowest BCUT2D eigenvalue weighted by atomic mass is 9.86. The van der Waals surface area contributed by atoms with Gasteiger partial charge in [0.25, 0.3) is 0 Å². The molecule has 0 aromatic rings. The van der Waals surface area contributed by atoms with Crippen molar-refractivity contribution in [3.05, 3.63) is 0 Å². The van der Waals surface area contributed by atoms with Crippen LogP contribution in [0.3, 0.4) is 0 Å². The van der Waals surface area contributed by atoms with Gasteiger partial charge in [-0.2, -0.15) is 0 Å². The molecular formula is C16H30N2O5. The van der Waals surface area contributed by atoms with E-state index in [-0.39, 0.29) is 13.1 Å². The van der Waals surface area contributed by atoms with Gasteiger partial charge in [0.15, 0.2) is 0 Å². The Hall–Kier alpha value is -1.50. The molecule has 1 unspecified atom stereocenters. The lowest BCUT2D eigenvalue weighted by Crippen LogP contribution is -2.71. The first kappa shape index (κ1) is 19.5. The molecule has 1 saturated heterocycles. The predicted octanol–water partition coefficient (Wildman–Crippen LogP) is 2.22. The highest BCUT2D eigenvalue weighted by Crippen LogP contribution is 2.29. The van der Waals surface area contributed by atoms with Crippen LogP contribution in [0.15, 0.2) is 0 Å². The molecule has 1 atom stereocenters. The summed E-state index contributed by atoms with van der Waals surface area (Å²) in [6.07, 6.45) is -0.969. The zero-order valence-electron chi connectivity index (χ0n) is 15.5. The Labute approximate surface area is 138 Å². The molecule has 0 bridgehead atoms. The Morgan fingerprint density at radius 3 is 1.91 bits per heavy atom. The third kappa shape index (κ3) is 5.27. The van der Waals surface area contributed by atoms with Crippen molar-refractivity contribution in [3.63, 3.8) is 0 Å². The average molecular weight is 330 g/mol. The van der Waals surface area contributed by atoms with Crippen molar-refractivity contribution in [3.8, 4) is 0 Å². The summed E-state index contributed by atoms with van der Waals surface area (Å²) in [5, 5.41) is 10.6. The molecule has 1 aliphatic rings. The number of amides is 2. The largest absolute Gasteiger partial charge is 0.444 e. The molecule has 0 aliphatic carbocycles. The van der Waals surface area contributed by atoms with Gasteiger partial charge in [-0.15, -0.1) is 0 Å². The maximum Gasteiger partial charge on any atom is 0.410 e. The molecular weight excluding hydrogens is 300 g/mol. The van der Waals surface area contributed by atoms with Crippen LogP contribution in [0.1, 0.15) is 48.5 Å². The minimum Gasteiger partial charge on any atom is -0.444 e. The van der Waals surface area contributed by atoms with Gasteiger partial charge in [-0.3, -0.25) is 0 Å². The summed E-state index contributed by atoms with van der Waals surface area (Å²) in [5.41, 5.74) is -2.35. The van der Waals surface area contributed by atoms with Gasteiger partial charge in [-0.1, -0.05) is 0 Å². The van der Waals surface area contributed by atoms with E-state index in [1.54, 1.807) is 55.5 Å². The molecule has 0 aromatic heterocycles. The van der Waals surface area contributed by atoms with Crippen LogP contribution in [0, 0.1) is 0 Å². The third-order valence-corrected chi connectivity index (χ3v) is 3.62. The highest BCUT2D eigenvalue weighted by Gasteiger charge is 2.51. The number of likely N-dealkylation sites (tertiary alicyclic amines) is 1. The first-order valence-electron chi connectivity index (χ1n) is 7.81. The van der Waals surface area contributed by atoms with Gasteiger partial charge < -0.3 is 24.4 Å². The van der Waals surface area contributed by atoms with Crippen LogP contribution in [0.25, 0.3) is 0 Å². The number of hydrogen-bond acceptors (Lipinski definition) is 5. The molecule has 0 radical (unpaired) electrons. The quantitative estimate of drug-likeness (QED) is 0.840. The molecule has 134 valence electrons. The number of hydrogen-bond donors (Lipinski definition) is 1. The van der Waals surface area contributed by atoms with E-state index >= 15 is 0 Å². The van der Waals surface area contributed by atoms with E-state index in [9.17, 15) is 14.7 Å². The van der Waals surface area contributed by atoms with Crippen molar-refractivity contribution in [2.24, 2.45) is 0 Å². The highest BCUT2D eigenvalue weighted by atomic mass is 16.6. The number of aliphatic hydroxyl groups is 1. The number of ether oxygens (including phenoxy) is 2. The Morgan fingerprint density at radius 2 is 1.52 bits per heavy atom. The Kier molecular flexibility index (Phi) is 5.26. The number of carbonyl (C=O) groups is 2. The van der Waals surface area contributed by atoms with Crippen molar-refractivity contribution < 1.29 is 24.2 Å². The van der Waals surface area contributed by atoms with Gasteiger partial charge in [-0.25, -0.2) is 9.59 Å². The normalized spacial score (nSPS) is 18.7. The van der Waals surface area contributed by atoms with E-state index < -0.39 is 35.0 Å². The van der Waals surface area contributed by atoms with E-state index in [0.29, 0.717) is 0 Å². The van der Waals surface area contributed by atoms with E-state index in [1.807, 2.05) is 0 Å². The number of carbonyl (C=O) groups excluding carboxylic acids is 2. The number of β-amino-alcohol motifs (C(OH)–C–C–N with tert-alkyl or cyclic N) is 1. The van der Waals surface area contributed by atoms with Crippen LogP contribution < -0.4 is 0 Å². The number of nitrogens with zero attached hydrogens (tertiary/aromatic N) is 2. The van der Waals surface area contributed by atoms with Gasteiger partial charge in [0, 0.05) is 7.05 Å². The van der Waals surface area contributed by atoms with Gasteiger partial charge in [0.1, 0.15) is 16.8 Å². The molecule has 1 N–H and O–H groups in total. The number of likely N-dealkylation sites (N-methyl/N-ethyl adjacent to an activating group) is 1. The first-order chi connectivity index (χ1) is 10.1. The zero-order chi connectivity index (χ0) is 18.2. The zero-order valence-corrected chi connectivity index (χ0v) is 15.5. The molecule has 0 aromatic carbocycles. The highest BCUT2D eigenvalue weighted by molar-refractivity contribution is 5.71. The molecule has 1 aliphatic heterocycles. The molecule has 1 rings (SSSR count). The monoisotopic (exact) mass is 330 g/mol. The SMILES string of the molecule is CC(N(C)C(=O)OC(C)(C)C)C1(O)CN(C(=O)OC(C)(C)C)C1. The van der Waals surface area contributed by atoms with Gasteiger partial charge in [-0.05, 0) is 48.5 Å². The smallest absolute Gasteiger partial charge is 0.410 e. The number of rotatable bonds is 2. The van der Waals surface area contributed by atoms with Crippen LogP contribution in [0.5, 0.6) is 0 Å². The Balaban J connectivity index is 2.60. The van der Waals surface area contributed by atoms with Crippen LogP contribution >= 0.6 is 0 Å².